The van der Waals surface area contributed by atoms with Crippen LogP contribution in [-0.2, 0) is 14.0 Å². The van der Waals surface area contributed by atoms with Gasteiger partial charge < -0.3 is 9.16 Å². The van der Waals surface area contributed by atoms with Gasteiger partial charge in [-0.3, -0.25) is 4.79 Å². The summed E-state index contributed by atoms with van der Waals surface area (Å²) in [6, 6.07) is 0. The molecule has 0 saturated heterocycles. The minimum absolute atomic E-state index is 0.0695. The summed E-state index contributed by atoms with van der Waals surface area (Å²) in [6.07, 6.45) is 19.6. The van der Waals surface area contributed by atoms with Crippen molar-refractivity contribution in [3.8, 4) is 0 Å². The van der Waals surface area contributed by atoms with Crippen molar-refractivity contribution in [1.29, 1.82) is 0 Å². The molecule has 2 amide bonds. The molecule has 0 aliphatic carbocycles. The zero-order chi connectivity index (χ0) is 27.4. The quantitative estimate of drug-likeness (QED) is 0.275. The minimum Gasteiger partial charge on any atom is -0.443 e. The van der Waals surface area contributed by atoms with Crippen LogP contribution in [0.1, 0.15) is 73.6 Å². The van der Waals surface area contributed by atoms with E-state index in [1.54, 1.807) is 26.8 Å². The molecule has 0 aromatic heterocycles. The zero-order valence-corrected chi connectivity index (χ0v) is 25.1. The first-order chi connectivity index (χ1) is 16.7. The molecule has 0 N–H and O–H groups in total. The number of carbonyl (C=O) groups is 2. The van der Waals surface area contributed by atoms with Gasteiger partial charge in [-0.15, -0.1) is 0 Å². The molecule has 0 spiro atoms. The molecule has 202 valence electrons. The first kappa shape index (κ1) is 31.8. The van der Waals surface area contributed by atoms with Crippen molar-refractivity contribution < 1.29 is 18.8 Å². The summed E-state index contributed by atoms with van der Waals surface area (Å²) in [4.78, 5) is 26.8. The number of ether oxygens (including phenoxy) is 1. The van der Waals surface area contributed by atoms with Gasteiger partial charge >= 0.3 is 6.09 Å². The average Bonchev–Trinajstić information content (AvgIpc) is 2.73. The molecule has 36 heavy (non-hydrogen) atoms. The monoisotopic (exact) mass is 515 g/mol. The van der Waals surface area contributed by atoms with E-state index in [9.17, 15) is 9.59 Å². The van der Waals surface area contributed by atoms with Crippen molar-refractivity contribution in [3.05, 3.63) is 59.8 Å². The lowest BCUT2D eigenvalue weighted by Crippen LogP contribution is -2.40. The topological polar surface area (TPSA) is 55.8 Å². The summed E-state index contributed by atoms with van der Waals surface area (Å²) in [5.41, 5.74) is 2.00. The van der Waals surface area contributed by atoms with Gasteiger partial charge in [0.1, 0.15) is 5.60 Å². The molecule has 1 rings (SSSR count). The number of hydrogen-bond donors (Lipinski definition) is 0. The van der Waals surface area contributed by atoms with Gasteiger partial charge in [-0.25, -0.2) is 9.69 Å². The predicted octanol–water partition coefficient (Wildman–Crippen LogP) is 8.13. The lowest BCUT2D eigenvalue weighted by molar-refractivity contribution is -0.125. The fraction of sp³-hybridized carbons (Fsp3) is 0.600. The van der Waals surface area contributed by atoms with Gasteiger partial charge in [-0.1, -0.05) is 60.6 Å². The molecule has 1 aliphatic rings. The first-order valence-electron chi connectivity index (χ1n) is 13.2. The van der Waals surface area contributed by atoms with E-state index < -0.39 is 20.0 Å². The normalized spacial score (nSPS) is 27.7. The lowest BCUT2D eigenvalue weighted by Gasteiger charge is -2.29. The second-order valence-corrected chi connectivity index (χ2v) is 16.2. The molecular formula is C30H49NO4Si. The SMILES string of the molecule is C/C1=C\C=C\CCCCN(C(=O)OC(C)(C)C)C(=O)/C=C/C=C/[C@H](C)[C@@H](O[Si](C)(C)C)C/C=C(\C)C1. The second kappa shape index (κ2) is 15.2. The summed E-state index contributed by atoms with van der Waals surface area (Å²) in [5.74, 6) is -0.189. The number of hydrogen-bond acceptors (Lipinski definition) is 4. The number of carbonyl (C=O) groups excluding carboxylic acids is 2. The number of amides is 2. The van der Waals surface area contributed by atoms with Crippen molar-refractivity contribution in [2.45, 2.75) is 105 Å². The third-order valence-corrected chi connectivity index (χ3v) is 6.52. The van der Waals surface area contributed by atoms with Crippen LogP contribution in [0.2, 0.25) is 19.6 Å². The Balaban J connectivity index is 3.18. The zero-order valence-electron chi connectivity index (χ0n) is 24.1. The molecule has 0 aromatic carbocycles. The maximum Gasteiger partial charge on any atom is 0.417 e. The van der Waals surface area contributed by atoms with E-state index in [-0.39, 0.29) is 17.9 Å². The Morgan fingerprint density at radius 2 is 1.75 bits per heavy atom. The fourth-order valence-electron chi connectivity index (χ4n) is 3.77. The summed E-state index contributed by atoms with van der Waals surface area (Å²) in [6.45, 7) is 18.9. The maximum atomic E-state index is 12.9. The Morgan fingerprint density at radius 1 is 1.06 bits per heavy atom. The Hall–Kier alpha value is -2.18. The van der Waals surface area contributed by atoms with Crippen LogP contribution in [0.3, 0.4) is 0 Å². The first-order valence-corrected chi connectivity index (χ1v) is 16.6. The van der Waals surface area contributed by atoms with Crippen LogP contribution in [0, 0.1) is 5.92 Å². The average molecular weight is 516 g/mol. The minimum atomic E-state index is -1.73. The van der Waals surface area contributed by atoms with Gasteiger partial charge in [-0.05, 0) is 92.3 Å². The van der Waals surface area contributed by atoms with Gasteiger partial charge in [0.15, 0.2) is 8.32 Å². The third kappa shape index (κ3) is 14.4. The van der Waals surface area contributed by atoms with E-state index >= 15 is 0 Å². The van der Waals surface area contributed by atoms with Gasteiger partial charge in [-0.2, -0.15) is 0 Å². The molecule has 0 unspecified atom stereocenters. The van der Waals surface area contributed by atoms with Crippen LogP contribution in [0.5, 0.6) is 0 Å². The van der Waals surface area contributed by atoms with Crippen LogP contribution in [0.4, 0.5) is 4.79 Å². The highest BCUT2D eigenvalue weighted by molar-refractivity contribution is 6.69. The fourth-order valence-corrected chi connectivity index (χ4v) is 4.99. The highest BCUT2D eigenvalue weighted by Crippen LogP contribution is 2.21. The molecule has 0 radical (unpaired) electrons. The van der Waals surface area contributed by atoms with Crippen LogP contribution in [0.25, 0.3) is 0 Å². The Kier molecular flexibility index (Phi) is 13.4. The number of rotatable bonds is 2. The Bertz CT molecular complexity index is 868. The molecule has 0 aromatic rings. The van der Waals surface area contributed by atoms with Gasteiger partial charge in [0.25, 0.3) is 5.91 Å². The molecule has 5 nitrogen and oxygen atoms in total. The van der Waals surface area contributed by atoms with Gasteiger partial charge in [0.2, 0.25) is 0 Å². The standard InChI is InChI=1S/C30H49NO4Si/c1-24-17-13-11-10-12-16-22-31(29(33)34-30(4,5)6)28(32)19-15-14-18-26(3)27(35-36(7,8)9)21-20-25(2)23-24/h11,13-15,17-20,26-27H,10,12,16,21-23H2,1-9H3/b13-11+,18-14+,19-15+,24-17+,25-20+/t26-,27-/m0/s1. The number of imide groups is 1. The summed E-state index contributed by atoms with van der Waals surface area (Å²) in [5, 5.41) is 0. The molecular weight excluding hydrogens is 466 g/mol. The number of allylic oxidation sites excluding steroid dienone is 7. The van der Waals surface area contributed by atoms with E-state index in [0.29, 0.717) is 6.54 Å². The summed E-state index contributed by atoms with van der Waals surface area (Å²) >= 11 is 0. The number of nitrogens with zero attached hydrogens (tertiary/aromatic N) is 1. The second-order valence-electron chi connectivity index (χ2n) is 11.7. The largest absolute Gasteiger partial charge is 0.443 e. The molecule has 6 heteroatoms. The molecule has 2 atom stereocenters. The smallest absolute Gasteiger partial charge is 0.417 e. The Labute approximate surface area is 221 Å². The molecule has 0 saturated carbocycles. The predicted molar refractivity (Wildman–Crippen MR) is 153 cm³/mol. The van der Waals surface area contributed by atoms with E-state index in [1.807, 2.05) is 6.08 Å². The van der Waals surface area contributed by atoms with Gasteiger partial charge in [0.05, 0.1) is 6.10 Å². The summed E-state index contributed by atoms with van der Waals surface area (Å²) < 4.78 is 12.0. The van der Waals surface area contributed by atoms with Crippen molar-refractivity contribution in [3.63, 3.8) is 0 Å². The van der Waals surface area contributed by atoms with Crippen molar-refractivity contribution in [1.82, 2.24) is 4.90 Å². The summed E-state index contributed by atoms with van der Waals surface area (Å²) in [7, 11) is -1.73. The van der Waals surface area contributed by atoms with Crippen molar-refractivity contribution >= 4 is 20.3 Å². The van der Waals surface area contributed by atoms with Gasteiger partial charge in [0, 0.05) is 12.6 Å². The molecule has 1 aliphatic heterocycles. The van der Waals surface area contributed by atoms with Crippen molar-refractivity contribution in [2.75, 3.05) is 6.54 Å². The van der Waals surface area contributed by atoms with Crippen LogP contribution >= 0.6 is 0 Å². The third-order valence-electron chi connectivity index (χ3n) is 5.51. The lowest BCUT2D eigenvalue weighted by atomic mass is 9.98. The van der Waals surface area contributed by atoms with E-state index in [4.69, 9.17) is 9.16 Å². The molecule has 0 fully saturated rings. The maximum absolute atomic E-state index is 12.9. The van der Waals surface area contributed by atoms with Crippen molar-refractivity contribution in [2.24, 2.45) is 5.92 Å². The van der Waals surface area contributed by atoms with E-state index in [1.165, 1.54) is 22.1 Å². The molecule has 0 bridgehead atoms. The highest BCUT2D eigenvalue weighted by atomic mass is 28.4. The highest BCUT2D eigenvalue weighted by Gasteiger charge is 2.26. The molecule has 1 heterocycles. The Morgan fingerprint density at radius 3 is 2.39 bits per heavy atom. The van der Waals surface area contributed by atoms with E-state index in [0.717, 1.165) is 32.1 Å². The van der Waals surface area contributed by atoms with Crippen LogP contribution in [0.15, 0.2) is 59.8 Å². The van der Waals surface area contributed by atoms with E-state index in [2.05, 4.69) is 70.8 Å². The van der Waals surface area contributed by atoms with Crippen LogP contribution < -0.4 is 0 Å². The van der Waals surface area contributed by atoms with Crippen LogP contribution in [-0.4, -0.2) is 43.5 Å².